The van der Waals surface area contributed by atoms with Crippen LogP contribution in [0.3, 0.4) is 0 Å². The summed E-state index contributed by atoms with van der Waals surface area (Å²) in [7, 11) is 1.37. The van der Waals surface area contributed by atoms with Gasteiger partial charge in [0.15, 0.2) is 11.6 Å². The van der Waals surface area contributed by atoms with E-state index in [1.54, 1.807) is 19.1 Å². The van der Waals surface area contributed by atoms with Crippen molar-refractivity contribution in [3.63, 3.8) is 0 Å². The monoisotopic (exact) mass is 195 g/mol. The minimum atomic E-state index is -0.583. The molecule has 0 amide bonds. The van der Waals surface area contributed by atoms with Gasteiger partial charge in [0.2, 0.25) is 0 Å². The Balaban J connectivity index is 0.000000791. The Morgan fingerprint density at radius 2 is 1.93 bits per heavy atom. The minimum absolute atomic E-state index is 0.0503. The highest BCUT2D eigenvalue weighted by molar-refractivity contribution is 5.44. The molecule has 0 aliphatic rings. The lowest BCUT2D eigenvalue weighted by Gasteiger charge is -2.03. The molecule has 76 valence electrons. The maximum absolute atomic E-state index is 13.2. The number of hydrogen-bond donors (Lipinski definition) is 0. The number of ether oxygens (including phenoxy) is 1. The molecule has 1 rings (SSSR count). The molecular formula is C11H14FNO. The average molecular weight is 195 g/mol. The third kappa shape index (κ3) is 2.46. The predicted octanol–water partition coefficient (Wildman–Crippen LogP) is 3.04. The zero-order chi connectivity index (χ0) is 11.1. The van der Waals surface area contributed by atoms with Crippen LogP contribution in [-0.2, 0) is 0 Å². The number of methoxy groups -OCH3 is 1. The molecule has 0 unspecified atom stereocenters. The number of nitrogens with zero attached hydrogens (tertiary/aromatic N) is 1. The van der Waals surface area contributed by atoms with Crippen LogP contribution in [0.1, 0.15) is 25.0 Å². The molecule has 14 heavy (non-hydrogen) atoms. The van der Waals surface area contributed by atoms with Crippen LogP contribution in [0, 0.1) is 24.1 Å². The summed E-state index contributed by atoms with van der Waals surface area (Å²) in [5.41, 5.74) is 0.671. The summed E-state index contributed by atoms with van der Waals surface area (Å²) in [4.78, 5) is 0. The summed E-state index contributed by atoms with van der Waals surface area (Å²) in [6.45, 7) is 5.68. The first-order valence-corrected chi connectivity index (χ1v) is 4.44. The maximum Gasteiger partial charge on any atom is 0.183 e. The molecular weight excluding hydrogens is 181 g/mol. The molecule has 2 nitrogen and oxygen atoms in total. The van der Waals surface area contributed by atoms with Gasteiger partial charge < -0.3 is 4.74 Å². The summed E-state index contributed by atoms with van der Waals surface area (Å²) in [5.74, 6) is -0.475. The Kier molecular flexibility index (Phi) is 5.31. The summed E-state index contributed by atoms with van der Waals surface area (Å²) in [5, 5.41) is 8.57. The van der Waals surface area contributed by atoms with E-state index in [1.165, 1.54) is 13.2 Å². The van der Waals surface area contributed by atoms with E-state index in [0.29, 0.717) is 5.56 Å². The van der Waals surface area contributed by atoms with Gasteiger partial charge in [-0.1, -0.05) is 19.9 Å². The molecule has 1 aromatic rings. The van der Waals surface area contributed by atoms with Crippen LogP contribution >= 0.6 is 0 Å². The third-order valence-corrected chi connectivity index (χ3v) is 1.65. The number of halogens is 1. The molecule has 0 saturated carbocycles. The highest BCUT2D eigenvalue weighted by atomic mass is 19.1. The third-order valence-electron chi connectivity index (χ3n) is 1.65. The van der Waals surface area contributed by atoms with Gasteiger partial charge in [0, 0.05) is 0 Å². The molecule has 1 aromatic carbocycles. The van der Waals surface area contributed by atoms with Crippen LogP contribution in [-0.4, -0.2) is 7.11 Å². The van der Waals surface area contributed by atoms with Crippen molar-refractivity contribution in [1.29, 1.82) is 5.26 Å². The van der Waals surface area contributed by atoms with Crippen LogP contribution in [0.4, 0.5) is 4.39 Å². The van der Waals surface area contributed by atoms with Crippen LogP contribution in [0.5, 0.6) is 5.75 Å². The normalized spacial score (nSPS) is 8.29. The van der Waals surface area contributed by atoms with Crippen molar-refractivity contribution in [3.8, 4) is 11.8 Å². The Bertz CT molecular complexity index is 342. The van der Waals surface area contributed by atoms with Crippen molar-refractivity contribution < 1.29 is 9.13 Å². The highest BCUT2D eigenvalue weighted by Crippen LogP contribution is 2.22. The summed E-state index contributed by atoms with van der Waals surface area (Å²) in [6, 6.07) is 4.94. The fourth-order valence-electron chi connectivity index (χ4n) is 0.948. The van der Waals surface area contributed by atoms with Gasteiger partial charge in [0.25, 0.3) is 0 Å². The standard InChI is InChI=1S/C9H8FNO.C2H6/c1-6-3-4-8(12-2)9(10)7(6)5-11;1-2/h3-4H,1-2H3;1-2H3. The van der Waals surface area contributed by atoms with Gasteiger partial charge in [0.1, 0.15) is 6.07 Å². The van der Waals surface area contributed by atoms with Gasteiger partial charge in [-0.15, -0.1) is 0 Å². The van der Waals surface area contributed by atoms with Crippen molar-refractivity contribution in [2.75, 3.05) is 7.11 Å². The molecule has 0 aromatic heterocycles. The number of aryl methyl sites for hydroxylation is 1. The number of nitriles is 1. The first-order chi connectivity index (χ1) is 6.70. The molecule has 0 spiro atoms. The molecule has 0 bridgehead atoms. The summed E-state index contributed by atoms with van der Waals surface area (Å²) >= 11 is 0. The molecule has 0 atom stereocenters. The predicted molar refractivity (Wildman–Crippen MR) is 53.8 cm³/mol. The van der Waals surface area contributed by atoms with Gasteiger partial charge in [-0.25, -0.2) is 4.39 Å². The quantitative estimate of drug-likeness (QED) is 0.690. The molecule has 0 saturated heterocycles. The van der Waals surface area contributed by atoms with Crippen LogP contribution in [0.2, 0.25) is 0 Å². The van der Waals surface area contributed by atoms with Crippen molar-refractivity contribution in [3.05, 3.63) is 29.1 Å². The summed E-state index contributed by atoms with van der Waals surface area (Å²) < 4.78 is 17.9. The zero-order valence-electron chi connectivity index (χ0n) is 8.89. The van der Waals surface area contributed by atoms with E-state index in [0.717, 1.165) is 0 Å². The second kappa shape index (κ2) is 5.98. The van der Waals surface area contributed by atoms with Crippen LogP contribution < -0.4 is 4.74 Å². The van der Waals surface area contributed by atoms with Gasteiger partial charge in [-0.2, -0.15) is 5.26 Å². The smallest absolute Gasteiger partial charge is 0.183 e. The van der Waals surface area contributed by atoms with Gasteiger partial charge >= 0.3 is 0 Å². The first-order valence-electron chi connectivity index (χ1n) is 4.44. The number of hydrogen-bond acceptors (Lipinski definition) is 2. The van der Waals surface area contributed by atoms with Crippen molar-refractivity contribution >= 4 is 0 Å². The van der Waals surface area contributed by atoms with E-state index in [2.05, 4.69) is 0 Å². The fraction of sp³-hybridized carbons (Fsp3) is 0.364. The second-order valence-electron chi connectivity index (χ2n) is 2.39. The topological polar surface area (TPSA) is 33.0 Å². The Morgan fingerprint density at radius 3 is 2.36 bits per heavy atom. The lowest BCUT2D eigenvalue weighted by molar-refractivity contribution is 0.385. The van der Waals surface area contributed by atoms with Crippen LogP contribution in [0.25, 0.3) is 0 Å². The van der Waals surface area contributed by atoms with Crippen molar-refractivity contribution in [2.45, 2.75) is 20.8 Å². The molecule has 0 aliphatic heterocycles. The van der Waals surface area contributed by atoms with E-state index in [-0.39, 0.29) is 11.3 Å². The summed E-state index contributed by atoms with van der Waals surface area (Å²) in [6.07, 6.45) is 0. The SMILES string of the molecule is CC.COc1ccc(C)c(C#N)c1F. The largest absolute Gasteiger partial charge is 0.494 e. The number of benzene rings is 1. The average Bonchev–Trinajstić information content (AvgIpc) is 2.22. The minimum Gasteiger partial charge on any atom is -0.494 e. The van der Waals surface area contributed by atoms with Crippen molar-refractivity contribution in [1.82, 2.24) is 0 Å². The van der Waals surface area contributed by atoms with Gasteiger partial charge in [-0.05, 0) is 18.6 Å². The highest BCUT2D eigenvalue weighted by Gasteiger charge is 2.10. The maximum atomic E-state index is 13.2. The van der Waals surface area contributed by atoms with E-state index >= 15 is 0 Å². The molecule has 0 aliphatic carbocycles. The first kappa shape index (κ1) is 12.4. The second-order valence-corrected chi connectivity index (χ2v) is 2.39. The lowest BCUT2D eigenvalue weighted by atomic mass is 10.1. The van der Waals surface area contributed by atoms with Gasteiger partial charge in [0.05, 0.1) is 12.7 Å². The fourth-order valence-corrected chi connectivity index (χ4v) is 0.948. The molecule has 0 N–H and O–H groups in total. The molecule has 0 heterocycles. The van der Waals surface area contributed by atoms with E-state index in [1.807, 2.05) is 13.8 Å². The van der Waals surface area contributed by atoms with Crippen molar-refractivity contribution in [2.24, 2.45) is 0 Å². The number of rotatable bonds is 1. The Labute approximate surface area is 83.9 Å². The molecule has 0 radical (unpaired) electrons. The van der Waals surface area contributed by atoms with Gasteiger partial charge in [-0.3, -0.25) is 0 Å². The molecule has 3 heteroatoms. The van der Waals surface area contributed by atoms with Crippen LogP contribution in [0.15, 0.2) is 12.1 Å². The zero-order valence-corrected chi connectivity index (χ0v) is 8.89. The van der Waals surface area contributed by atoms with E-state index < -0.39 is 5.82 Å². The Hall–Kier alpha value is -1.56. The molecule has 0 fully saturated rings. The van der Waals surface area contributed by atoms with E-state index in [4.69, 9.17) is 10.00 Å². The Morgan fingerprint density at radius 1 is 1.36 bits per heavy atom. The van der Waals surface area contributed by atoms with E-state index in [9.17, 15) is 4.39 Å². The lowest BCUT2D eigenvalue weighted by Crippen LogP contribution is -1.93.